The van der Waals surface area contributed by atoms with Crippen LogP contribution in [0.3, 0.4) is 0 Å². The molecule has 0 saturated carbocycles. The van der Waals surface area contributed by atoms with Crippen LogP contribution in [0.5, 0.6) is 0 Å². The number of amides is 2. The zero-order valence-electron chi connectivity index (χ0n) is 11.4. The fraction of sp³-hybridized carbons (Fsp3) is 0.357. The molecule has 0 radical (unpaired) electrons. The summed E-state index contributed by atoms with van der Waals surface area (Å²) >= 11 is 0. The number of carboxylic acid groups (broad SMARTS) is 1. The molecule has 0 spiro atoms. The van der Waals surface area contributed by atoms with Gasteiger partial charge in [-0.1, -0.05) is 26.0 Å². The monoisotopic (exact) mass is 275 g/mol. The maximum absolute atomic E-state index is 11.6. The second kappa shape index (κ2) is 7.14. The molecule has 1 unspecified atom stereocenters. The number of nitrogens with one attached hydrogen (secondary N) is 2. The molecule has 2 amide bonds. The Morgan fingerprint density at radius 2 is 1.90 bits per heavy atom. The molecule has 0 bridgehead atoms. The third-order valence-electron chi connectivity index (χ3n) is 2.76. The quantitative estimate of drug-likeness (QED) is 0.757. The Hall–Kier alpha value is -2.55. The number of benzene rings is 1. The van der Waals surface area contributed by atoms with Crippen molar-refractivity contribution in [2.45, 2.75) is 26.4 Å². The first-order chi connectivity index (χ1) is 9.43. The van der Waals surface area contributed by atoms with E-state index >= 15 is 0 Å². The van der Waals surface area contributed by atoms with Gasteiger partial charge in [-0.05, 0) is 23.6 Å². The van der Waals surface area contributed by atoms with Crippen LogP contribution in [0.15, 0.2) is 24.3 Å². The number of carbonyl (C=O) groups is 2. The minimum Gasteiger partial charge on any atom is -0.480 e. The standard InChI is InChI=1S/C14H17N3O3/c1-9(2)12(13(18)19)17-14(20)16-8-11-5-3-10(7-15)4-6-11/h3-6,9,12H,8H2,1-2H3,(H,18,19)(H2,16,17,20). The smallest absolute Gasteiger partial charge is 0.326 e. The number of carbonyl (C=O) groups excluding carboxylic acids is 1. The van der Waals surface area contributed by atoms with Gasteiger partial charge in [0.25, 0.3) is 0 Å². The van der Waals surface area contributed by atoms with E-state index < -0.39 is 18.0 Å². The van der Waals surface area contributed by atoms with Gasteiger partial charge in [0, 0.05) is 6.54 Å². The molecule has 3 N–H and O–H groups in total. The van der Waals surface area contributed by atoms with E-state index in [-0.39, 0.29) is 12.5 Å². The highest BCUT2D eigenvalue weighted by atomic mass is 16.4. The summed E-state index contributed by atoms with van der Waals surface area (Å²) in [6, 6.07) is 7.33. The summed E-state index contributed by atoms with van der Waals surface area (Å²) in [5, 5.41) is 22.6. The van der Waals surface area contributed by atoms with E-state index in [1.54, 1.807) is 38.1 Å². The van der Waals surface area contributed by atoms with Crippen LogP contribution < -0.4 is 10.6 Å². The highest BCUT2D eigenvalue weighted by Gasteiger charge is 2.23. The third-order valence-corrected chi connectivity index (χ3v) is 2.76. The average Bonchev–Trinajstić information content (AvgIpc) is 2.42. The molecule has 0 aromatic heterocycles. The van der Waals surface area contributed by atoms with Crippen LogP contribution in [0.4, 0.5) is 4.79 Å². The predicted octanol–water partition coefficient (Wildman–Crippen LogP) is 1.47. The van der Waals surface area contributed by atoms with Gasteiger partial charge in [-0.3, -0.25) is 0 Å². The Morgan fingerprint density at radius 1 is 1.30 bits per heavy atom. The molecule has 0 aliphatic carbocycles. The molecule has 0 fully saturated rings. The van der Waals surface area contributed by atoms with Crippen LogP contribution in [0, 0.1) is 17.2 Å². The summed E-state index contributed by atoms with van der Waals surface area (Å²) in [6.07, 6.45) is 0. The lowest BCUT2D eigenvalue weighted by Crippen LogP contribution is -2.48. The molecule has 20 heavy (non-hydrogen) atoms. The van der Waals surface area contributed by atoms with Gasteiger partial charge in [0.2, 0.25) is 0 Å². The molecule has 1 atom stereocenters. The first-order valence-corrected chi connectivity index (χ1v) is 6.20. The lowest BCUT2D eigenvalue weighted by molar-refractivity contribution is -0.140. The Labute approximate surface area is 117 Å². The fourth-order valence-electron chi connectivity index (χ4n) is 1.59. The van der Waals surface area contributed by atoms with Gasteiger partial charge < -0.3 is 15.7 Å². The maximum atomic E-state index is 11.6. The normalized spacial score (nSPS) is 11.5. The van der Waals surface area contributed by atoms with E-state index in [4.69, 9.17) is 10.4 Å². The molecule has 106 valence electrons. The molecule has 0 heterocycles. The molecule has 1 aromatic rings. The number of hydrogen-bond donors (Lipinski definition) is 3. The van der Waals surface area contributed by atoms with Crippen molar-refractivity contribution in [1.29, 1.82) is 5.26 Å². The number of urea groups is 1. The first kappa shape index (κ1) is 15.5. The van der Waals surface area contributed by atoms with Crippen LogP contribution >= 0.6 is 0 Å². The highest BCUT2D eigenvalue weighted by Crippen LogP contribution is 2.04. The van der Waals surface area contributed by atoms with E-state index in [0.717, 1.165) is 5.56 Å². The van der Waals surface area contributed by atoms with Crippen molar-refractivity contribution in [1.82, 2.24) is 10.6 Å². The van der Waals surface area contributed by atoms with Crippen molar-refractivity contribution in [3.05, 3.63) is 35.4 Å². The second-order valence-corrected chi connectivity index (χ2v) is 4.70. The van der Waals surface area contributed by atoms with E-state index in [0.29, 0.717) is 5.56 Å². The molecular weight excluding hydrogens is 258 g/mol. The lowest BCUT2D eigenvalue weighted by atomic mass is 10.1. The lowest BCUT2D eigenvalue weighted by Gasteiger charge is -2.18. The van der Waals surface area contributed by atoms with Crippen LogP contribution in [-0.4, -0.2) is 23.1 Å². The Kier molecular flexibility index (Phi) is 5.54. The SMILES string of the molecule is CC(C)C(NC(=O)NCc1ccc(C#N)cc1)C(=O)O. The van der Waals surface area contributed by atoms with Gasteiger partial charge in [0.05, 0.1) is 11.6 Å². The van der Waals surface area contributed by atoms with Crippen LogP contribution in [0.2, 0.25) is 0 Å². The molecule has 1 rings (SSSR count). The average molecular weight is 275 g/mol. The number of rotatable bonds is 5. The predicted molar refractivity (Wildman–Crippen MR) is 72.8 cm³/mol. The summed E-state index contributed by atoms with van der Waals surface area (Å²) < 4.78 is 0. The van der Waals surface area contributed by atoms with Gasteiger partial charge in [-0.25, -0.2) is 9.59 Å². The van der Waals surface area contributed by atoms with Gasteiger partial charge in [0.1, 0.15) is 6.04 Å². The summed E-state index contributed by atoms with van der Waals surface area (Å²) in [5.74, 6) is -1.26. The molecule has 6 nitrogen and oxygen atoms in total. The van der Waals surface area contributed by atoms with E-state index in [1.165, 1.54) is 0 Å². The second-order valence-electron chi connectivity index (χ2n) is 4.70. The topological polar surface area (TPSA) is 102 Å². The summed E-state index contributed by atoms with van der Waals surface area (Å²) in [6.45, 7) is 3.71. The number of nitrogens with zero attached hydrogens (tertiary/aromatic N) is 1. The minimum atomic E-state index is -1.06. The van der Waals surface area contributed by atoms with Crippen molar-refractivity contribution in [3.8, 4) is 6.07 Å². The van der Waals surface area contributed by atoms with Crippen molar-refractivity contribution in [3.63, 3.8) is 0 Å². The Balaban J connectivity index is 2.50. The molecular formula is C14H17N3O3. The molecule has 0 aliphatic rings. The molecule has 1 aromatic carbocycles. The zero-order chi connectivity index (χ0) is 15.1. The van der Waals surface area contributed by atoms with E-state index in [9.17, 15) is 9.59 Å². The van der Waals surface area contributed by atoms with Gasteiger partial charge in [-0.15, -0.1) is 0 Å². The largest absolute Gasteiger partial charge is 0.480 e. The maximum Gasteiger partial charge on any atom is 0.326 e. The van der Waals surface area contributed by atoms with E-state index in [2.05, 4.69) is 10.6 Å². The van der Waals surface area contributed by atoms with Gasteiger partial charge >= 0.3 is 12.0 Å². The Bertz CT molecular complexity index is 517. The summed E-state index contributed by atoms with van der Waals surface area (Å²) in [7, 11) is 0. The molecule has 0 aliphatic heterocycles. The van der Waals surface area contributed by atoms with Crippen molar-refractivity contribution < 1.29 is 14.7 Å². The number of nitriles is 1. The summed E-state index contributed by atoms with van der Waals surface area (Å²) in [5.41, 5.74) is 1.37. The molecule has 0 saturated heterocycles. The summed E-state index contributed by atoms with van der Waals surface area (Å²) in [4.78, 5) is 22.6. The van der Waals surface area contributed by atoms with Crippen molar-refractivity contribution >= 4 is 12.0 Å². The van der Waals surface area contributed by atoms with Crippen LogP contribution in [0.25, 0.3) is 0 Å². The number of hydrogen-bond acceptors (Lipinski definition) is 3. The number of aliphatic carboxylic acids is 1. The van der Waals surface area contributed by atoms with E-state index in [1.807, 2.05) is 6.07 Å². The third kappa shape index (κ3) is 4.61. The minimum absolute atomic E-state index is 0.201. The number of carboxylic acids is 1. The van der Waals surface area contributed by atoms with Gasteiger partial charge in [0.15, 0.2) is 0 Å². The van der Waals surface area contributed by atoms with Crippen molar-refractivity contribution in [2.24, 2.45) is 5.92 Å². The first-order valence-electron chi connectivity index (χ1n) is 6.20. The van der Waals surface area contributed by atoms with Gasteiger partial charge in [-0.2, -0.15) is 5.26 Å². The fourth-order valence-corrected chi connectivity index (χ4v) is 1.59. The van der Waals surface area contributed by atoms with Crippen LogP contribution in [-0.2, 0) is 11.3 Å². The van der Waals surface area contributed by atoms with Crippen molar-refractivity contribution in [2.75, 3.05) is 0 Å². The highest BCUT2D eigenvalue weighted by molar-refractivity contribution is 5.82. The Morgan fingerprint density at radius 3 is 2.35 bits per heavy atom. The van der Waals surface area contributed by atoms with Crippen LogP contribution in [0.1, 0.15) is 25.0 Å². The zero-order valence-corrected chi connectivity index (χ0v) is 11.4. The molecule has 6 heteroatoms.